The Labute approximate surface area is 175 Å². The Morgan fingerprint density at radius 2 is 1.52 bits per heavy atom. The third-order valence-electron chi connectivity index (χ3n) is 5.01. The average molecular weight is 444 g/mol. The molecule has 5 nitrogen and oxygen atoms in total. The molecule has 0 unspecified atom stereocenters. The van der Waals surface area contributed by atoms with E-state index in [1.54, 1.807) is 4.90 Å². The van der Waals surface area contributed by atoms with Gasteiger partial charge >= 0.3 is 0 Å². The lowest BCUT2D eigenvalue weighted by atomic mass is 10.1. The van der Waals surface area contributed by atoms with Gasteiger partial charge in [-0.25, -0.2) is 0 Å². The van der Waals surface area contributed by atoms with E-state index in [4.69, 9.17) is 0 Å². The molecule has 0 saturated heterocycles. The molecule has 3 aromatic carbocycles. The zero-order valence-corrected chi connectivity index (χ0v) is 16.8. The molecular formula is C23H14BrN3O2. The molecule has 1 aliphatic heterocycles. The van der Waals surface area contributed by atoms with Gasteiger partial charge in [0, 0.05) is 27.7 Å². The number of anilines is 2. The van der Waals surface area contributed by atoms with E-state index in [-0.39, 0.29) is 23.1 Å². The Bertz CT molecular complexity index is 1230. The minimum Gasteiger partial charge on any atom is -0.292 e. The van der Waals surface area contributed by atoms with E-state index in [1.165, 1.54) is 0 Å². The Kier molecular flexibility index (Phi) is 4.21. The molecule has 0 bridgehead atoms. The summed E-state index contributed by atoms with van der Waals surface area (Å²) in [5.41, 5.74) is 4.40. The molecule has 0 radical (unpaired) electrons. The van der Waals surface area contributed by atoms with E-state index in [0.717, 1.165) is 27.0 Å². The number of hydrogen-bond donors (Lipinski definition) is 0. The summed E-state index contributed by atoms with van der Waals surface area (Å²) in [4.78, 5) is 27.3. The van der Waals surface area contributed by atoms with Crippen molar-refractivity contribution in [2.24, 2.45) is 10.2 Å². The second-order valence-corrected chi connectivity index (χ2v) is 7.71. The van der Waals surface area contributed by atoms with Crippen LogP contribution in [0.1, 0.15) is 16.7 Å². The quantitative estimate of drug-likeness (QED) is 0.549. The maximum Gasteiger partial charge on any atom is 0.284 e. The Morgan fingerprint density at radius 1 is 0.793 bits per heavy atom. The predicted molar refractivity (Wildman–Crippen MR) is 116 cm³/mol. The highest BCUT2D eigenvalue weighted by Gasteiger charge is 2.35. The van der Waals surface area contributed by atoms with Crippen molar-refractivity contribution >= 4 is 50.4 Å². The summed E-state index contributed by atoms with van der Waals surface area (Å²) in [7, 11) is 0. The molecule has 140 valence electrons. The van der Waals surface area contributed by atoms with Gasteiger partial charge in [0.05, 0.1) is 5.69 Å². The SMILES string of the molecule is O=C1Cc2ccc(Br)cc2/C1=N/N=C1\C(=O)N(c2ccccc2)c2ccccc21. The van der Waals surface area contributed by atoms with Gasteiger partial charge < -0.3 is 0 Å². The molecule has 6 heteroatoms. The molecule has 0 N–H and O–H groups in total. The Balaban J connectivity index is 1.61. The third-order valence-corrected chi connectivity index (χ3v) is 5.51. The molecule has 0 atom stereocenters. The van der Waals surface area contributed by atoms with Gasteiger partial charge in [-0.2, -0.15) is 0 Å². The fraction of sp³-hybridized carbons (Fsp3) is 0.0435. The van der Waals surface area contributed by atoms with Crippen LogP contribution in [-0.2, 0) is 16.0 Å². The van der Waals surface area contributed by atoms with Gasteiger partial charge in [0.15, 0.2) is 11.5 Å². The van der Waals surface area contributed by atoms with E-state index < -0.39 is 0 Å². The minimum absolute atomic E-state index is 0.0962. The highest BCUT2D eigenvalue weighted by molar-refractivity contribution is 9.10. The first-order chi connectivity index (χ1) is 14.1. The number of nitrogens with zero attached hydrogens (tertiary/aromatic N) is 3. The van der Waals surface area contributed by atoms with E-state index >= 15 is 0 Å². The van der Waals surface area contributed by atoms with Crippen LogP contribution in [0.15, 0.2) is 87.5 Å². The number of carbonyl (C=O) groups excluding carboxylic acids is 2. The molecule has 1 heterocycles. The molecule has 5 rings (SSSR count). The average Bonchev–Trinajstić information content (AvgIpc) is 3.19. The first-order valence-corrected chi connectivity index (χ1v) is 9.89. The van der Waals surface area contributed by atoms with Gasteiger partial charge in [-0.15, -0.1) is 10.2 Å². The summed E-state index contributed by atoms with van der Waals surface area (Å²) < 4.78 is 0.865. The van der Waals surface area contributed by atoms with Crippen LogP contribution in [0.25, 0.3) is 0 Å². The molecule has 2 aliphatic rings. The number of amides is 1. The van der Waals surface area contributed by atoms with Crippen LogP contribution in [-0.4, -0.2) is 23.1 Å². The standard InChI is InChI=1S/C23H14BrN3O2/c24-15-11-10-14-12-20(28)21(18(14)13-15)25-26-22-17-8-4-5-9-19(17)27(23(22)29)16-6-2-1-3-7-16/h1-11,13H,12H2/b25-21-,26-22-. The van der Waals surface area contributed by atoms with Gasteiger partial charge in [-0.05, 0) is 35.9 Å². The molecule has 3 aromatic rings. The maximum atomic E-state index is 13.2. The van der Waals surface area contributed by atoms with Crippen LogP contribution < -0.4 is 4.90 Å². The molecular weight excluding hydrogens is 430 g/mol. The van der Waals surface area contributed by atoms with Crippen molar-refractivity contribution in [3.05, 3.63) is 94.0 Å². The van der Waals surface area contributed by atoms with Crippen LogP contribution in [0.2, 0.25) is 0 Å². The van der Waals surface area contributed by atoms with Crippen LogP contribution in [0.5, 0.6) is 0 Å². The van der Waals surface area contributed by atoms with Crippen molar-refractivity contribution in [1.82, 2.24) is 0 Å². The monoisotopic (exact) mass is 443 g/mol. The normalized spacial score (nSPS) is 17.9. The lowest BCUT2D eigenvalue weighted by molar-refractivity contribution is -0.112. The zero-order valence-electron chi connectivity index (χ0n) is 15.2. The molecule has 0 aromatic heterocycles. The largest absolute Gasteiger partial charge is 0.292 e. The first-order valence-electron chi connectivity index (χ1n) is 9.10. The Morgan fingerprint density at radius 3 is 2.34 bits per heavy atom. The number of para-hydroxylation sites is 2. The summed E-state index contributed by atoms with van der Waals surface area (Å²) in [6.07, 6.45) is 0.299. The second-order valence-electron chi connectivity index (χ2n) is 6.79. The van der Waals surface area contributed by atoms with E-state index in [9.17, 15) is 9.59 Å². The summed E-state index contributed by atoms with van der Waals surface area (Å²) in [6, 6.07) is 22.5. The predicted octanol–water partition coefficient (Wildman–Crippen LogP) is 4.45. The molecule has 1 aliphatic carbocycles. The van der Waals surface area contributed by atoms with Crippen molar-refractivity contribution < 1.29 is 9.59 Å². The van der Waals surface area contributed by atoms with Crippen LogP contribution in [0, 0.1) is 0 Å². The fourth-order valence-electron chi connectivity index (χ4n) is 3.67. The minimum atomic E-state index is -0.262. The highest BCUT2D eigenvalue weighted by Crippen LogP contribution is 2.35. The van der Waals surface area contributed by atoms with Crippen molar-refractivity contribution in [3.8, 4) is 0 Å². The fourth-order valence-corrected chi connectivity index (χ4v) is 4.03. The topological polar surface area (TPSA) is 62.1 Å². The van der Waals surface area contributed by atoms with Gasteiger partial charge in [0.2, 0.25) is 0 Å². The molecule has 1 amide bonds. The second kappa shape index (κ2) is 6.90. The van der Waals surface area contributed by atoms with Crippen LogP contribution in [0.4, 0.5) is 11.4 Å². The lowest BCUT2D eigenvalue weighted by Crippen LogP contribution is -2.25. The summed E-state index contributed by atoms with van der Waals surface area (Å²) >= 11 is 3.43. The van der Waals surface area contributed by atoms with E-state index in [0.29, 0.717) is 12.0 Å². The summed E-state index contributed by atoms with van der Waals surface area (Å²) in [5.74, 6) is -0.359. The van der Waals surface area contributed by atoms with Gasteiger partial charge in [0.25, 0.3) is 5.91 Å². The number of ketones is 1. The van der Waals surface area contributed by atoms with Gasteiger partial charge in [-0.1, -0.05) is 58.4 Å². The van der Waals surface area contributed by atoms with Crippen molar-refractivity contribution in [1.29, 1.82) is 0 Å². The number of fused-ring (bicyclic) bond motifs is 2. The number of Topliss-reactive ketones (excluding diaryl/α,β-unsaturated/α-hetero) is 1. The zero-order chi connectivity index (χ0) is 20.0. The lowest BCUT2D eigenvalue weighted by Gasteiger charge is -2.16. The van der Waals surface area contributed by atoms with Crippen molar-refractivity contribution in [3.63, 3.8) is 0 Å². The van der Waals surface area contributed by atoms with Crippen LogP contribution in [0.3, 0.4) is 0 Å². The van der Waals surface area contributed by atoms with E-state index in [2.05, 4.69) is 26.1 Å². The highest BCUT2D eigenvalue weighted by atomic mass is 79.9. The third kappa shape index (κ3) is 2.93. The smallest absolute Gasteiger partial charge is 0.284 e. The summed E-state index contributed by atoms with van der Waals surface area (Å²) in [6.45, 7) is 0. The van der Waals surface area contributed by atoms with Gasteiger partial charge in [-0.3, -0.25) is 14.5 Å². The molecule has 0 fully saturated rings. The number of hydrogen-bond acceptors (Lipinski definition) is 4. The molecule has 0 saturated carbocycles. The van der Waals surface area contributed by atoms with Crippen LogP contribution >= 0.6 is 15.9 Å². The van der Waals surface area contributed by atoms with Gasteiger partial charge in [0.1, 0.15) is 5.71 Å². The number of rotatable bonds is 2. The van der Waals surface area contributed by atoms with Crippen molar-refractivity contribution in [2.75, 3.05) is 4.90 Å². The van der Waals surface area contributed by atoms with E-state index in [1.807, 2.05) is 72.8 Å². The number of halogens is 1. The number of carbonyl (C=O) groups is 2. The maximum absolute atomic E-state index is 13.2. The number of benzene rings is 3. The molecule has 29 heavy (non-hydrogen) atoms. The first kappa shape index (κ1) is 17.7. The summed E-state index contributed by atoms with van der Waals surface area (Å²) in [5, 5.41) is 8.49. The van der Waals surface area contributed by atoms with Crippen molar-refractivity contribution in [2.45, 2.75) is 6.42 Å². The Hall–Kier alpha value is -3.38. The molecule has 0 spiro atoms.